The van der Waals surface area contributed by atoms with Gasteiger partial charge in [-0.05, 0) is 25.8 Å². The lowest BCUT2D eigenvalue weighted by Crippen LogP contribution is -2.34. The fourth-order valence-corrected chi connectivity index (χ4v) is 1.79. The first-order valence-corrected chi connectivity index (χ1v) is 4.65. The fourth-order valence-electron chi connectivity index (χ4n) is 1.05. The molecule has 1 saturated heterocycles. The largest absolute Gasteiger partial charge is 0.300 e. The second-order valence-electron chi connectivity index (χ2n) is 2.38. The molecular formula is C5H10F3NS. The smallest absolute Gasteiger partial charge is 0.224 e. The van der Waals surface area contributed by atoms with E-state index in [1.165, 1.54) is 0 Å². The van der Waals surface area contributed by atoms with Gasteiger partial charge in [-0.25, -0.2) is 0 Å². The molecule has 1 unspecified atom stereocenters. The van der Waals surface area contributed by atoms with Crippen molar-refractivity contribution in [1.82, 2.24) is 5.32 Å². The van der Waals surface area contributed by atoms with E-state index in [0.29, 0.717) is 13.0 Å². The van der Waals surface area contributed by atoms with Gasteiger partial charge < -0.3 is 5.32 Å². The Labute approximate surface area is 60.2 Å². The maximum Gasteiger partial charge on any atom is 0.224 e. The van der Waals surface area contributed by atoms with E-state index >= 15 is 0 Å². The molecule has 0 aromatic rings. The van der Waals surface area contributed by atoms with Gasteiger partial charge in [-0.2, -0.15) is 0 Å². The van der Waals surface area contributed by atoms with Crippen molar-refractivity contribution < 1.29 is 11.7 Å². The standard InChI is InChI=1S/C5H10F3NS/c6-10(7,8)5-3-1-2-4-9-5/h5,9H,1-4H2. The third-order valence-electron chi connectivity index (χ3n) is 1.59. The Morgan fingerprint density at radius 2 is 1.90 bits per heavy atom. The topological polar surface area (TPSA) is 12.0 Å². The Hall–Kier alpha value is 0.1000. The average molecular weight is 173 g/mol. The van der Waals surface area contributed by atoms with Crippen molar-refractivity contribution in [1.29, 1.82) is 0 Å². The lowest BCUT2D eigenvalue weighted by Gasteiger charge is -2.27. The second kappa shape index (κ2) is 3.00. The molecule has 0 amide bonds. The van der Waals surface area contributed by atoms with Crippen LogP contribution in [0.25, 0.3) is 0 Å². The first-order chi connectivity index (χ1) is 4.61. The molecule has 1 N–H and O–H groups in total. The Kier molecular flexibility index (Phi) is 2.46. The number of hydrogen-bond donors (Lipinski definition) is 1. The molecule has 1 rings (SSSR count). The lowest BCUT2D eigenvalue weighted by atomic mass is 10.2. The summed E-state index contributed by atoms with van der Waals surface area (Å²) < 4.78 is 35.9. The molecular weight excluding hydrogens is 163 g/mol. The Bertz CT molecular complexity index is 108. The maximum absolute atomic E-state index is 12.0. The van der Waals surface area contributed by atoms with Crippen molar-refractivity contribution in [2.75, 3.05) is 6.54 Å². The summed E-state index contributed by atoms with van der Waals surface area (Å²) in [5.41, 5.74) is 0. The molecule has 1 fully saturated rings. The van der Waals surface area contributed by atoms with Crippen molar-refractivity contribution in [3.63, 3.8) is 0 Å². The van der Waals surface area contributed by atoms with Crippen LogP contribution in [-0.4, -0.2) is 11.9 Å². The quantitative estimate of drug-likeness (QED) is 0.642. The summed E-state index contributed by atoms with van der Waals surface area (Å²) in [4.78, 5) is 0. The zero-order valence-electron chi connectivity index (χ0n) is 5.45. The monoisotopic (exact) mass is 173 g/mol. The predicted octanol–water partition coefficient (Wildman–Crippen LogP) is 2.54. The number of hydrogen-bond acceptors (Lipinski definition) is 1. The minimum Gasteiger partial charge on any atom is -0.300 e. The molecule has 0 aliphatic carbocycles. The zero-order valence-corrected chi connectivity index (χ0v) is 6.26. The van der Waals surface area contributed by atoms with Gasteiger partial charge in [0.25, 0.3) is 0 Å². The first kappa shape index (κ1) is 8.20. The van der Waals surface area contributed by atoms with Gasteiger partial charge in [-0.15, -0.1) is 11.7 Å². The van der Waals surface area contributed by atoms with E-state index in [0.717, 1.165) is 6.42 Å². The lowest BCUT2D eigenvalue weighted by molar-refractivity contribution is 0.447. The van der Waals surface area contributed by atoms with Gasteiger partial charge >= 0.3 is 0 Å². The molecule has 0 radical (unpaired) electrons. The Balaban J connectivity index is 2.39. The molecule has 1 atom stereocenters. The highest BCUT2D eigenvalue weighted by Crippen LogP contribution is 2.58. The summed E-state index contributed by atoms with van der Waals surface area (Å²) in [6, 6.07) is 0. The molecule has 1 aliphatic heterocycles. The van der Waals surface area contributed by atoms with Crippen LogP contribution in [0.4, 0.5) is 11.7 Å². The Morgan fingerprint density at radius 1 is 1.20 bits per heavy atom. The van der Waals surface area contributed by atoms with Crippen molar-refractivity contribution >= 4 is 11.2 Å². The predicted molar refractivity (Wildman–Crippen MR) is 36.6 cm³/mol. The van der Waals surface area contributed by atoms with Crippen LogP contribution in [0.15, 0.2) is 0 Å². The van der Waals surface area contributed by atoms with Crippen LogP contribution in [0, 0.1) is 0 Å². The zero-order chi connectivity index (χ0) is 7.61. The summed E-state index contributed by atoms with van der Waals surface area (Å²) >= 11 is -4.84. The van der Waals surface area contributed by atoms with Gasteiger partial charge in [-0.3, -0.25) is 0 Å². The molecule has 1 nitrogen and oxygen atoms in total. The van der Waals surface area contributed by atoms with E-state index in [4.69, 9.17) is 0 Å². The minimum atomic E-state index is -4.84. The van der Waals surface area contributed by atoms with Crippen molar-refractivity contribution in [2.45, 2.75) is 24.6 Å². The van der Waals surface area contributed by atoms with Crippen LogP contribution in [0.3, 0.4) is 0 Å². The fraction of sp³-hybridized carbons (Fsp3) is 1.00. The van der Waals surface area contributed by atoms with E-state index in [1.54, 1.807) is 0 Å². The highest BCUT2D eigenvalue weighted by molar-refractivity contribution is 8.21. The highest BCUT2D eigenvalue weighted by Gasteiger charge is 2.34. The van der Waals surface area contributed by atoms with E-state index in [1.807, 2.05) is 0 Å². The van der Waals surface area contributed by atoms with E-state index < -0.39 is 16.6 Å². The van der Waals surface area contributed by atoms with Crippen LogP contribution in [-0.2, 0) is 0 Å². The number of halogens is 3. The second-order valence-corrected chi connectivity index (χ2v) is 3.83. The van der Waals surface area contributed by atoms with Gasteiger partial charge in [0.05, 0.1) is 0 Å². The molecule has 1 heterocycles. The summed E-state index contributed by atoms with van der Waals surface area (Å²) in [6.07, 6.45) is 1.87. The molecule has 10 heavy (non-hydrogen) atoms. The normalized spacial score (nSPS) is 30.1. The molecule has 0 spiro atoms. The van der Waals surface area contributed by atoms with Crippen LogP contribution < -0.4 is 5.32 Å². The third kappa shape index (κ3) is 2.05. The van der Waals surface area contributed by atoms with E-state index in [-0.39, 0.29) is 6.42 Å². The first-order valence-electron chi connectivity index (χ1n) is 3.25. The minimum absolute atomic E-state index is 0.277. The molecule has 5 heteroatoms. The summed E-state index contributed by atoms with van der Waals surface area (Å²) in [6.45, 7) is 0.525. The number of nitrogens with one attached hydrogen (secondary N) is 1. The molecule has 0 saturated carbocycles. The Morgan fingerprint density at radius 3 is 2.20 bits per heavy atom. The highest BCUT2D eigenvalue weighted by atomic mass is 32.3. The molecule has 1 aliphatic rings. The molecule has 0 aromatic heterocycles. The van der Waals surface area contributed by atoms with Gasteiger partial charge in [0.15, 0.2) is 0 Å². The van der Waals surface area contributed by atoms with Crippen molar-refractivity contribution in [3.05, 3.63) is 0 Å². The SMILES string of the molecule is FS(F)(F)C1CCCCN1. The third-order valence-corrected chi connectivity index (χ3v) is 2.64. The number of piperidine rings is 1. The van der Waals surface area contributed by atoms with Crippen LogP contribution in [0.5, 0.6) is 0 Å². The molecule has 0 bridgehead atoms. The van der Waals surface area contributed by atoms with Crippen LogP contribution in [0.2, 0.25) is 0 Å². The average Bonchev–Trinajstić information content (AvgIpc) is 1.88. The van der Waals surface area contributed by atoms with Crippen LogP contribution >= 0.6 is 11.2 Å². The molecule has 62 valence electrons. The van der Waals surface area contributed by atoms with Crippen molar-refractivity contribution in [2.24, 2.45) is 0 Å². The maximum atomic E-state index is 12.0. The van der Waals surface area contributed by atoms with Gasteiger partial charge in [0, 0.05) is 0 Å². The summed E-state index contributed by atoms with van der Waals surface area (Å²) in [5.74, 6) is 0. The van der Waals surface area contributed by atoms with Gasteiger partial charge in [0.2, 0.25) is 11.2 Å². The number of rotatable bonds is 1. The van der Waals surface area contributed by atoms with Crippen LogP contribution in [0.1, 0.15) is 19.3 Å². The van der Waals surface area contributed by atoms with Crippen molar-refractivity contribution in [3.8, 4) is 0 Å². The van der Waals surface area contributed by atoms with Gasteiger partial charge in [-0.1, -0.05) is 0 Å². The van der Waals surface area contributed by atoms with E-state index in [2.05, 4.69) is 5.32 Å². The van der Waals surface area contributed by atoms with E-state index in [9.17, 15) is 11.7 Å². The summed E-state index contributed by atoms with van der Waals surface area (Å²) in [5, 5.41) is 1.31. The molecule has 0 aromatic carbocycles. The van der Waals surface area contributed by atoms with Gasteiger partial charge in [0.1, 0.15) is 5.37 Å². The summed E-state index contributed by atoms with van der Waals surface area (Å²) in [7, 11) is 0.